The number of hydrogen-bond donors (Lipinski definition) is 1. The highest BCUT2D eigenvalue weighted by Gasteiger charge is 2.22. The summed E-state index contributed by atoms with van der Waals surface area (Å²) in [6, 6.07) is 6.03. The van der Waals surface area contributed by atoms with Crippen molar-refractivity contribution < 1.29 is 14.6 Å². The molecule has 1 aromatic carbocycles. The molecule has 21 heavy (non-hydrogen) atoms. The molecular formula is C17H25NO3. The fourth-order valence-electron chi connectivity index (χ4n) is 2.78. The summed E-state index contributed by atoms with van der Waals surface area (Å²) >= 11 is 0. The first-order valence-electron chi connectivity index (χ1n) is 7.65. The number of Topliss-reactive ketones (excluding diaryl/α,β-unsaturated/α-hetero) is 1. The van der Waals surface area contributed by atoms with E-state index in [4.69, 9.17) is 9.84 Å². The molecule has 0 amide bonds. The molecule has 1 saturated heterocycles. The van der Waals surface area contributed by atoms with Gasteiger partial charge in [0.2, 0.25) is 0 Å². The minimum atomic E-state index is 0.0747. The normalized spacial score (nSPS) is 17.1. The molecule has 4 nitrogen and oxygen atoms in total. The number of likely N-dealkylation sites (tertiary alicyclic amines) is 1. The minimum absolute atomic E-state index is 0.0747. The highest BCUT2D eigenvalue weighted by atomic mass is 16.5. The first-order chi connectivity index (χ1) is 10.1. The van der Waals surface area contributed by atoms with E-state index >= 15 is 0 Å². The number of nitrogens with zero attached hydrogens (tertiary/aromatic N) is 1. The predicted octanol–water partition coefficient (Wildman–Crippen LogP) is 1.96. The van der Waals surface area contributed by atoms with Gasteiger partial charge in [0.25, 0.3) is 0 Å². The van der Waals surface area contributed by atoms with Crippen LogP contribution in [0.1, 0.15) is 34.3 Å². The standard InChI is InChI=1S/C17H25NO3/c1-13-3-4-14(2)16(11-13)17(20)12-18-7-5-15(6-8-18)21-10-9-19/h3-4,11,15,19H,5-10,12H2,1-2H3. The molecular weight excluding hydrogens is 266 g/mol. The van der Waals surface area contributed by atoms with Crippen molar-refractivity contribution in [3.8, 4) is 0 Å². The van der Waals surface area contributed by atoms with Gasteiger partial charge in [0.15, 0.2) is 5.78 Å². The van der Waals surface area contributed by atoms with Crippen LogP contribution in [0.2, 0.25) is 0 Å². The van der Waals surface area contributed by atoms with Crippen molar-refractivity contribution in [1.82, 2.24) is 4.90 Å². The lowest BCUT2D eigenvalue weighted by Gasteiger charge is -2.31. The molecule has 116 valence electrons. The van der Waals surface area contributed by atoms with Crippen LogP contribution in [-0.4, -0.2) is 54.7 Å². The van der Waals surface area contributed by atoms with Gasteiger partial charge in [-0.3, -0.25) is 9.69 Å². The average Bonchev–Trinajstić information content (AvgIpc) is 2.49. The predicted molar refractivity (Wildman–Crippen MR) is 82.7 cm³/mol. The molecule has 0 atom stereocenters. The fourth-order valence-corrected chi connectivity index (χ4v) is 2.78. The van der Waals surface area contributed by atoms with Crippen LogP contribution in [0, 0.1) is 13.8 Å². The van der Waals surface area contributed by atoms with E-state index in [0.29, 0.717) is 13.2 Å². The third kappa shape index (κ3) is 4.63. The zero-order valence-corrected chi connectivity index (χ0v) is 13.0. The first-order valence-corrected chi connectivity index (χ1v) is 7.65. The zero-order valence-electron chi connectivity index (χ0n) is 13.0. The van der Waals surface area contributed by atoms with E-state index in [-0.39, 0.29) is 18.5 Å². The highest BCUT2D eigenvalue weighted by Crippen LogP contribution is 2.16. The van der Waals surface area contributed by atoms with Crippen molar-refractivity contribution in [2.24, 2.45) is 0 Å². The maximum atomic E-state index is 12.4. The summed E-state index contributed by atoms with van der Waals surface area (Å²) in [5.41, 5.74) is 3.01. The Morgan fingerprint density at radius 1 is 1.33 bits per heavy atom. The molecule has 0 unspecified atom stereocenters. The lowest BCUT2D eigenvalue weighted by molar-refractivity contribution is -0.00689. The summed E-state index contributed by atoms with van der Waals surface area (Å²) in [7, 11) is 0. The van der Waals surface area contributed by atoms with Gasteiger partial charge in [-0.1, -0.05) is 17.7 Å². The van der Waals surface area contributed by atoms with Gasteiger partial charge in [-0.05, 0) is 38.3 Å². The second kappa shape index (κ2) is 7.69. The van der Waals surface area contributed by atoms with Crippen molar-refractivity contribution in [3.63, 3.8) is 0 Å². The van der Waals surface area contributed by atoms with E-state index in [1.54, 1.807) is 0 Å². The number of carbonyl (C=O) groups excluding carboxylic acids is 1. The number of ether oxygens (including phenoxy) is 1. The smallest absolute Gasteiger partial charge is 0.177 e. The van der Waals surface area contributed by atoms with Crippen LogP contribution in [0.4, 0.5) is 0 Å². The third-order valence-electron chi connectivity index (χ3n) is 4.04. The SMILES string of the molecule is Cc1ccc(C)c(C(=O)CN2CCC(OCCO)CC2)c1. The van der Waals surface area contributed by atoms with Gasteiger partial charge in [-0.2, -0.15) is 0 Å². The molecule has 2 rings (SSSR count). The molecule has 1 aromatic rings. The summed E-state index contributed by atoms with van der Waals surface area (Å²) in [6.07, 6.45) is 2.09. The Morgan fingerprint density at radius 2 is 2.05 bits per heavy atom. The largest absolute Gasteiger partial charge is 0.394 e. The maximum absolute atomic E-state index is 12.4. The molecule has 0 spiro atoms. The van der Waals surface area contributed by atoms with Crippen LogP contribution in [0.5, 0.6) is 0 Å². The van der Waals surface area contributed by atoms with E-state index in [0.717, 1.165) is 42.6 Å². The highest BCUT2D eigenvalue weighted by molar-refractivity contribution is 5.99. The maximum Gasteiger partial charge on any atom is 0.177 e. The lowest BCUT2D eigenvalue weighted by atomic mass is 10.0. The molecule has 1 aliphatic heterocycles. The third-order valence-corrected chi connectivity index (χ3v) is 4.04. The number of carbonyl (C=O) groups is 1. The van der Waals surface area contributed by atoms with E-state index in [9.17, 15) is 4.79 Å². The van der Waals surface area contributed by atoms with Gasteiger partial charge in [-0.25, -0.2) is 0 Å². The second-order valence-corrected chi connectivity index (χ2v) is 5.81. The van der Waals surface area contributed by atoms with Crippen LogP contribution in [0.15, 0.2) is 18.2 Å². The van der Waals surface area contributed by atoms with E-state index in [2.05, 4.69) is 4.90 Å². The molecule has 1 fully saturated rings. The topological polar surface area (TPSA) is 49.8 Å². The minimum Gasteiger partial charge on any atom is -0.394 e. The van der Waals surface area contributed by atoms with Gasteiger partial charge in [0.05, 0.1) is 25.9 Å². The molecule has 0 bridgehead atoms. The van der Waals surface area contributed by atoms with E-state index < -0.39 is 0 Å². The summed E-state index contributed by atoms with van der Waals surface area (Å²) in [5.74, 6) is 0.200. The zero-order chi connectivity index (χ0) is 15.2. The average molecular weight is 291 g/mol. The number of ketones is 1. The van der Waals surface area contributed by atoms with Crippen molar-refractivity contribution in [2.75, 3.05) is 32.8 Å². The van der Waals surface area contributed by atoms with Crippen LogP contribution in [0.25, 0.3) is 0 Å². The Morgan fingerprint density at radius 3 is 2.71 bits per heavy atom. The van der Waals surface area contributed by atoms with Gasteiger partial charge >= 0.3 is 0 Å². The van der Waals surface area contributed by atoms with Crippen LogP contribution >= 0.6 is 0 Å². The summed E-state index contributed by atoms with van der Waals surface area (Å²) < 4.78 is 5.54. The van der Waals surface area contributed by atoms with Gasteiger partial charge in [-0.15, -0.1) is 0 Å². The van der Waals surface area contributed by atoms with Crippen molar-refractivity contribution in [1.29, 1.82) is 0 Å². The van der Waals surface area contributed by atoms with Crippen LogP contribution < -0.4 is 0 Å². The number of benzene rings is 1. The summed E-state index contributed by atoms with van der Waals surface area (Å²) in [4.78, 5) is 14.6. The lowest BCUT2D eigenvalue weighted by Crippen LogP contribution is -2.40. The Balaban J connectivity index is 1.85. The molecule has 1 aliphatic rings. The molecule has 0 saturated carbocycles. The molecule has 0 aliphatic carbocycles. The van der Waals surface area contributed by atoms with Gasteiger partial charge in [0.1, 0.15) is 0 Å². The van der Waals surface area contributed by atoms with Crippen LogP contribution in [0.3, 0.4) is 0 Å². The molecule has 1 heterocycles. The van der Waals surface area contributed by atoms with Crippen molar-refractivity contribution in [2.45, 2.75) is 32.8 Å². The number of aliphatic hydroxyl groups excluding tert-OH is 1. The van der Waals surface area contributed by atoms with Crippen molar-refractivity contribution >= 4 is 5.78 Å². The molecule has 0 radical (unpaired) electrons. The Bertz CT molecular complexity index is 479. The summed E-state index contributed by atoms with van der Waals surface area (Å²) in [5, 5.41) is 8.76. The van der Waals surface area contributed by atoms with Gasteiger partial charge in [0, 0.05) is 18.7 Å². The Labute approximate surface area is 126 Å². The molecule has 4 heteroatoms. The van der Waals surface area contributed by atoms with Crippen molar-refractivity contribution in [3.05, 3.63) is 34.9 Å². The fraction of sp³-hybridized carbons (Fsp3) is 0.588. The first kappa shape index (κ1) is 16.1. The summed E-state index contributed by atoms with van der Waals surface area (Å²) in [6.45, 7) is 6.73. The number of aryl methyl sites for hydroxylation is 2. The van der Waals surface area contributed by atoms with E-state index in [1.807, 2.05) is 32.0 Å². The second-order valence-electron chi connectivity index (χ2n) is 5.81. The monoisotopic (exact) mass is 291 g/mol. The molecule has 1 N–H and O–H groups in total. The number of aliphatic hydroxyl groups is 1. The van der Waals surface area contributed by atoms with Gasteiger partial charge < -0.3 is 9.84 Å². The van der Waals surface area contributed by atoms with Crippen LogP contribution in [-0.2, 0) is 4.74 Å². The number of hydrogen-bond acceptors (Lipinski definition) is 4. The Kier molecular flexibility index (Phi) is 5.91. The number of rotatable bonds is 6. The van der Waals surface area contributed by atoms with E-state index in [1.165, 1.54) is 0 Å². The molecule has 0 aromatic heterocycles. The number of piperidine rings is 1. The quantitative estimate of drug-likeness (QED) is 0.814. The Hall–Kier alpha value is -1.23.